The topological polar surface area (TPSA) is 77.0 Å². The smallest absolute Gasteiger partial charge is 0.259 e. The van der Waals surface area contributed by atoms with Crippen molar-refractivity contribution in [1.29, 1.82) is 0 Å². The number of nitrogens with two attached hydrogens (primary N) is 1. The quantitative estimate of drug-likeness (QED) is 0.719. The molecule has 0 aliphatic rings. The van der Waals surface area contributed by atoms with Crippen LogP contribution < -0.4 is 11.1 Å². The minimum Gasteiger partial charge on any atom is -0.369 e. The first-order valence-electron chi connectivity index (χ1n) is 4.05. The van der Waals surface area contributed by atoms with E-state index in [0.29, 0.717) is 18.8 Å². The number of anilines is 1. The van der Waals surface area contributed by atoms with Gasteiger partial charge in [-0.15, -0.1) is 0 Å². The minimum atomic E-state index is 0.544. The molecule has 3 N–H and O–H groups in total. The summed E-state index contributed by atoms with van der Waals surface area (Å²) < 4.78 is 4.91. The lowest BCUT2D eigenvalue weighted by atomic mass is 10.3. The fourth-order valence-electron chi connectivity index (χ4n) is 1.05. The Hall–Kier alpha value is -1.62. The zero-order valence-electron chi connectivity index (χ0n) is 7.03. The Kier molecular flexibility index (Phi) is 2.09. The molecule has 0 aliphatic heterocycles. The van der Waals surface area contributed by atoms with Crippen LogP contribution in [0.15, 0.2) is 22.9 Å². The normalized spacial score (nSPS) is 10.5. The van der Waals surface area contributed by atoms with Gasteiger partial charge in [0, 0.05) is 13.1 Å². The molecule has 0 atom stereocenters. The predicted molar refractivity (Wildman–Crippen MR) is 49.3 cm³/mol. The summed E-state index contributed by atoms with van der Waals surface area (Å²) in [7, 11) is 0. The van der Waals surface area contributed by atoms with Gasteiger partial charge < -0.3 is 15.6 Å². The Labute approximate surface area is 74.9 Å². The molecule has 2 aromatic rings. The zero-order chi connectivity index (χ0) is 9.10. The van der Waals surface area contributed by atoms with Crippen LogP contribution in [0.25, 0.3) is 11.1 Å². The highest BCUT2D eigenvalue weighted by atomic mass is 16.5. The third kappa shape index (κ3) is 1.59. The van der Waals surface area contributed by atoms with Crippen molar-refractivity contribution in [2.45, 2.75) is 0 Å². The van der Waals surface area contributed by atoms with Crippen molar-refractivity contribution in [2.75, 3.05) is 18.4 Å². The highest BCUT2D eigenvalue weighted by Crippen LogP contribution is 2.13. The highest BCUT2D eigenvalue weighted by molar-refractivity contribution is 5.73. The third-order valence-corrected chi connectivity index (χ3v) is 1.67. The molecule has 13 heavy (non-hydrogen) atoms. The van der Waals surface area contributed by atoms with E-state index in [4.69, 9.17) is 10.3 Å². The van der Waals surface area contributed by atoms with Crippen LogP contribution in [0.5, 0.6) is 0 Å². The van der Waals surface area contributed by atoms with Gasteiger partial charge in [-0.2, -0.15) is 4.98 Å². The van der Waals surface area contributed by atoms with E-state index in [1.807, 2.05) is 12.1 Å². The number of fused-ring (bicyclic) bond motifs is 1. The van der Waals surface area contributed by atoms with E-state index in [1.54, 1.807) is 6.20 Å². The summed E-state index contributed by atoms with van der Waals surface area (Å²) in [6.45, 7) is 1.28. The van der Waals surface area contributed by atoms with E-state index in [9.17, 15) is 0 Å². The van der Waals surface area contributed by atoms with Gasteiger partial charge in [-0.25, -0.2) is 0 Å². The van der Waals surface area contributed by atoms with Gasteiger partial charge in [0.2, 0.25) is 0 Å². The van der Waals surface area contributed by atoms with E-state index in [1.165, 1.54) is 0 Å². The van der Waals surface area contributed by atoms with E-state index in [-0.39, 0.29) is 0 Å². The summed E-state index contributed by atoms with van der Waals surface area (Å²) in [5.41, 5.74) is 5.89. The molecule has 2 heterocycles. The van der Waals surface area contributed by atoms with Crippen LogP contribution in [0.3, 0.4) is 0 Å². The summed E-state index contributed by atoms with van der Waals surface area (Å²) in [4.78, 5) is 4.18. The van der Waals surface area contributed by atoms with Crippen LogP contribution in [-0.2, 0) is 0 Å². The first kappa shape index (κ1) is 8.00. The highest BCUT2D eigenvalue weighted by Gasteiger charge is 2.00. The van der Waals surface area contributed by atoms with Crippen molar-refractivity contribution in [1.82, 2.24) is 10.1 Å². The molecule has 5 heteroatoms. The van der Waals surface area contributed by atoms with Gasteiger partial charge >= 0.3 is 0 Å². The van der Waals surface area contributed by atoms with E-state index in [0.717, 1.165) is 11.2 Å². The lowest BCUT2D eigenvalue weighted by Gasteiger charge is -2.01. The molecule has 0 bridgehead atoms. The summed E-state index contributed by atoms with van der Waals surface area (Å²) >= 11 is 0. The zero-order valence-corrected chi connectivity index (χ0v) is 7.03. The lowest BCUT2D eigenvalue weighted by molar-refractivity contribution is 0.449. The second kappa shape index (κ2) is 3.40. The fraction of sp³-hybridized carbons (Fsp3) is 0.250. The van der Waals surface area contributed by atoms with Gasteiger partial charge in [0.15, 0.2) is 0 Å². The number of pyridine rings is 1. The summed E-state index contributed by atoms with van der Waals surface area (Å²) in [6.07, 6.45) is 1.63. The lowest BCUT2D eigenvalue weighted by Crippen LogP contribution is -2.13. The van der Waals surface area contributed by atoms with Crippen LogP contribution in [0.2, 0.25) is 0 Å². The molecule has 0 aromatic carbocycles. The number of aromatic nitrogens is 2. The largest absolute Gasteiger partial charge is 0.369 e. The van der Waals surface area contributed by atoms with Gasteiger partial charge in [-0.3, -0.25) is 0 Å². The molecule has 0 fully saturated rings. The van der Waals surface area contributed by atoms with Gasteiger partial charge in [-0.05, 0) is 12.1 Å². The summed E-state index contributed by atoms with van der Waals surface area (Å²) in [6, 6.07) is 3.77. The summed E-state index contributed by atoms with van der Waals surface area (Å²) in [5.74, 6) is 0.759. The molecule has 68 valence electrons. The van der Waals surface area contributed by atoms with Crippen molar-refractivity contribution in [3.63, 3.8) is 0 Å². The number of nitrogens with zero attached hydrogens (tertiary/aromatic N) is 2. The SMILES string of the molecule is NCCNc1ccc2cnoc2n1. The Bertz CT molecular complexity index is 398. The average Bonchev–Trinajstić information content (AvgIpc) is 2.61. The molecule has 0 radical (unpaired) electrons. The van der Waals surface area contributed by atoms with Crippen molar-refractivity contribution in [2.24, 2.45) is 5.73 Å². The van der Waals surface area contributed by atoms with Gasteiger partial charge in [0.05, 0.1) is 11.6 Å². The molecule has 0 saturated carbocycles. The van der Waals surface area contributed by atoms with Crippen LogP contribution >= 0.6 is 0 Å². The Morgan fingerprint density at radius 3 is 3.23 bits per heavy atom. The fourth-order valence-corrected chi connectivity index (χ4v) is 1.05. The summed E-state index contributed by atoms with van der Waals surface area (Å²) in [5, 5.41) is 7.59. The monoisotopic (exact) mass is 178 g/mol. The number of rotatable bonds is 3. The van der Waals surface area contributed by atoms with E-state index < -0.39 is 0 Å². The molecule has 0 unspecified atom stereocenters. The van der Waals surface area contributed by atoms with Gasteiger partial charge in [0.1, 0.15) is 5.82 Å². The maximum absolute atomic E-state index is 5.34. The maximum Gasteiger partial charge on any atom is 0.259 e. The molecule has 5 nitrogen and oxygen atoms in total. The van der Waals surface area contributed by atoms with Crippen LogP contribution in [0.4, 0.5) is 5.82 Å². The Morgan fingerprint density at radius 1 is 1.46 bits per heavy atom. The second-order valence-corrected chi connectivity index (χ2v) is 2.63. The van der Waals surface area contributed by atoms with Gasteiger partial charge in [0.25, 0.3) is 5.71 Å². The standard InChI is InChI=1S/C8H10N4O/c9-3-4-10-7-2-1-6-5-11-13-8(6)12-7/h1-2,5H,3-4,9H2,(H,10,12). The Morgan fingerprint density at radius 2 is 2.38 bits per heavy atom. The first-order valence-corrected chi connectivity index (χ1v) is 4.05. The molecule has 0 amide bonds. The minimum absolute atomic E-state index is 0.544. The number of nitrogens with one attached hydrogen (secondary N) is 1. The van der Waals surface area contributed by atoms with E-state index in [2.05, 4.69) is 15.5 Å². The predicted octanol–water partition coefficient (Wildman–Crippen LogP) is 0.593. The van der Waals surface area contributed by atoms with Gasteiger partial charge in [-0.1, -0.05) is 5.16 Å². The van der Waals surface area contributed by atoms with Crippen molar-refractivity contribution in [3.05, 3.63) is 18.3 Å². The first-order chi connectivity index (χ1) is 6.40. The van der Waals surface area contributed by atoms with E-state index >= 15 is 0 Å². The molecule has 0 aliphatic carbocycles. The van der Waals surface area contributed by atoms with Crippen molar-refractivity contribution >= 4 is 16.9 Å². The number of hydrogen-bond acceptors (Lipinski definition) is 5. The maximum atomic E-state index is 5.34. The third-order valence-electron chi connectivity index (χ3n) is 1.67. The van der Waals surface area contributed by atoms with Crippen molar-refractivity contribution < 1.29 is 4.52 Å². The Balaban J connectivity index is 2.26. The second-order valence-electron chi connectivity index (χ2n) is 2.63. The molecule has 2 aromatic heterocycles. The number of hydrogen-bond donors (Lipinski definition) is 2. The molecule has 0 spiro atoms. The molecule has 2 rings (SSSR count). The molecular formula is C8H10N4O. The molecule has 0 saturated heterocycles. The van der Waals surface area contributed by atoms with Crippen LogP contribution in [0.1, 0.15) is 0 Å². The van der Waals surface area contributed by atoms with Crippen LogP contribution in [0, 0.1) is 0 Å². The van der Waals surface area contributed by atoms with Crippen molar-refractivity contribution in [3.8, 4) is 0 Å². The average molecular weight is 178 g/mol. The molecular weight excluding hydrogens is 168 g/mol. The van der Waals surface area contributed by atoms with Crippen LogP contribution in [-0.4, -0.2) is 23.2 Å².